The lowest BCUT2D eigenvalue weighted by molar-refractivity contribution is -0.386. The van der Waals surface area contributed by atoms with Gasteiger partial charge in [0.1, 0.15) is 12.2 Å². The summed E-state index contributed by atoms with van der Waals surface area (Å²) in [5.41, 5.74) is 0.309. The Hall–Kier alpha value is -1.99. The molecule has 104 valence electrons. The summed E-state index contributed by atoms with van der Waals surface area (Å²) in [6.07, 6.45) is -2.75. The zero-order valence-corrected chi connectivity index (χ0v) is 10.7. The van der Waals surface area contributed by atoms with E-state index in [0.717, 1.165) is 0 Å². The zero-order chi connectivity index (χ0) is 14.6. The van der Waals surface area contributed by atoms with Gasteiger partial charge in [-0.15, -0.1) is 0 Å². The number of nitrogens with one attached hydrogen (secondary N) is 1. The van der Waals surface area contributed by atoms with Crippen molar-refractivity contribution in [1.29, 1.82) is 0 Å². The number of nitro benzene ring substituents is 1. The van der Waals surface area contributed by atoms with Gasteiger partial charge in [0.2, 0.25) is 5.91 Å². The highest BCUT2D eigenvalue weighted by Gasteiger charge is 2.27. The number of hydrogen-bond donors (Lipinski definition) is 3. The number of rotatable bonds is 5. The number of amides is 1. The minimum atomic E-state index is -1.44. The molecule has 0 aliphatic rings. The molecule has 0 aliphatic heterocycles. The first-order chi connectivity index (χ1) is 8.84. The molecule has 2 unspecified atom stereocenters. The van der Waals surface area contributed by atoms with Crippen LogP contribution in [0.25, 0.3) is 0 Å². The maximum atomic E-state index is 10.9. The van der Waals surface area contributed by atoms with Crippen molar-refractivity contribution in [2.24, 2.45) is 0 Å². The number of aryl methyl sites for hydroxylation is 1. The van der Waals surface area contributed by atoms with E-state index in [1.54, 1.807) is 13.0 Å². The minimum absolute atomic E-state index is 0.0605. The first-order valence-electron chi connectivity index (χ1n) is 5.69. The summed E-state index contributed by atoms with van der Waals surface area (Å²) in [7, 11) is 0. The Labute approximate surface area is 110 Å². The molecular formula is C12H16N2O5. The Morgan fingerprint density at radius 3 is 2.63 bits per heavy atom. The largest absolute Gasteiger partial charge is 0.388 e. The molecule has 1 aromatic carbocycles. The predicted molar refractivity (Wildman–Crippen MR) is 67.5 cm³/mol. The van der Waals surface area contributed by atoms with E-state index in [0.29, 0.717) is 5.56 Å². The molecule has 1 aromatic rings. The van der Waals surface area contributed by atoms with E-state index in [-0.39, 0.29) is 23.7 Å². The standard InChI is InChI=1S/C12H16N2O5/c1-7-4-3-5-9(14(18)19)11(7)12(17)10(16)6-13-8(2)15/h3-5,10,12,16-17H,6H2,1-2H3,(H,13,15). The fourth-order valence-electron chi connectivity index (χ4n) is 1.76. The Morgan fingerprint density at radius 1 is 1.47 bits per heavy atom. The van der Waals surface area contributed by atoms with Gasteiger partial charge in [-0.05, 0) is 12.5 Å². The van der Waals surface area contributed by atoms with Crippen LogP contribution in [0.3, 0.4) is 0 Å². The van der Waals surface area contributed by atoms with Gasteiger partial charge in [0, 0.05) is 19.5 Å². The van der Waals surface area contributed by atoms with Crippen LogP contribution in [-0.4, -0.2) is 33.7 Å². The molecule has 0 aromatic heterocycles. The molecule has 7 nitrogen and oxygen atoms in total. The summed E-state index contributed by atoms with van der Waals surface area (Å²) in [5, 5.41) is 33.0. The molecule has 7 heteroatoms. The number of nitrogens with zero attached hydrogens (tertiary/aromatic N) is 1. The van der Waals surface area contributed by atoms with Crippen molar-refractivity contribution in [1.82, 2.24) is 5.32 Å². The molecule has 0 fully saturated rings. The normalized spacial score (nSPS) is 13.7. The third-order valence-electron chi connectivity index (χ3n) is 2.72. The van der Waals surface area contributed by atoms with E-state index in [2.05, 4.69) is 5.32 Å². The number of benzene rings is 1. The van der Waals surface area contributed by atoms with Crippen LogP contribution in [0.5, 0.6) is 0 Å². The second-order valence-electron chi connectivity index (χ2n) is 4.21. The second kappa shape index (κ2) is 6.26. The Morgan fingerprint density at radius 2 is 2.11 bits per heavy atom. The lowest BCUT2D eigenvalue weighted by Gasteiger charge is -2.19. The van der Waals surface area contributed by atoms with Gasteiger partial charge in [-0.1, -0.05) is 12.1 Å². The molecule has 0 spiro atoms. The van der Waals surface area contributed by atoms with E-state index in [9.17, 15) is 25.1 Å². The minimum Gasteiger partial charge on any atom is -0.388 e. The molecule has 0 bridgehead atoms. The summed E-state index contributed by atoms with van der Waals surface area (Å²) in [6.45, 7) is 2.70. The van der Waals surface area contributed by atoms with Crippen molar-refractivity contribution in [3.63, 3.8) is 0 Å². The molecule has 0 saturated carbocycles. The van der Waals surface area contributed by atoms with E-state index in [1.165, 1.54) is 19.1 Å². The zero-order valence-electron chi connectivity index (χ0n) is 10.7. The van der Waals surface area contributed by atoms with Crippen molar-refractivity contribution in [3.8, 4) is 0 Å². The van der Waals surface area contributed by atoms with Gasteiger partial charge in [-0.2, -0.15) is 0 Å². The third-order valence-corrected chi connectivity index (χ3v) is 2.72. The van der Waals surface area contributed by atoms with E-state index in [1.807, 2.05) is 0 Å². The van der Waals surface area contributed by atoms with Crippen molar-refractivity contribution < 1.29 is 19.9 Å². The molecular weight excluding hydrogens is 252 g/mol. The number of aliphatic hydroxyl groups is 2. The van der Waals surface area contributed by atoms with E-state index in [4.69, 9.17) is 0 Å². The van der Waals surface area contributed by atoms with Crippen molar-refractivity contribution in [2.75, 3.05) is 6.54 Å². The lowest BCUT2D eigenvalue weighted by atomic mass is 9.97. The highest BCUT2D eigenvalue weighted by molar-refractivity contribution is 5.72. The van der Waals surface area contributed by atoms with Crippen LogP contribution in [0.4, 0.5) is 5.69 Å². The molecule has 0 aliphatic carbocycles. The Bertz CT molecular complexity index is 489. The summed E-state index contributed by atoms with van der Waals surface area (Å²) < 4.78 is 0. The first kappa shape index (κ1) is 15.1. The van der Waals surface area contributed by atoms with Crippen molar-refractivity contribution >= 4 is 11.6 Å². The van der Waals surface area contributed by atoms with Crippen LogP contribution in [-0.2, 0) is 4.79 Å². The molecule has 0 saturated heterocycles. The number of carbonyl (C=O) groups excluding carboxylic acids is 1. The van der Waals surface area contributed by atoms with Gasteiger partial charge in [0.25, 0.3) is 5.69 Å². The molecule has 0 heterocycles. The molecule has 3 N–H and O–H groups in total. The van der Waals surface area contributed by atoms with Gasteiger partial charge in [0.05, 0.1) is 10.5 Å². The summed E-state index contributed by atoms with van der Waals surface area (Å²) in [4.78, 5) is 21.0. The van der Waals surface area contributed by atoms with Crippen LogP contribution >= 0.6 is 0 Å². The van der Waals surface area contributed by atoms with Gasteiger partial charge < -0.3 is 15.5 Å². The number of hydrogen-bond acceptors (Lipinski definition) is 5. The fraction of sp³-hybridized carbons (Fsp3) is 0.417. The molecule has 2 atom stereocenters. The lowest BCUT2D eigenvalue weighted by Crippen LogP contribution is -2.34. The molecule has 1 amide bonds. The highest BCUT2D eigenvalue weighted by atomic mass is 16.6. The SMILES string of the molecule is CC(=O)NCC(O)C(O)c1c(C)cccc1[N+](=O)[O-]. The van der Waals surface area contributed by atoms with Crippen molar-refractivity contribution in [2.45, 2.75) is 26.1 Å². The maximum absolute atomic E-state index is 10.9. The first-order valence-corrected chi connectivity index (χ1v) is 5.69. The monoisotopic (exact) mass is 268 g/mol. The Balaban J connectivity index is 3.01. The van der Waals surface area contributed by atoms with E-state index < -0.39 is 17.1 Å². The molecule has 0 radical (unpaired) electrons. The second-order valence-corrected chi connectivity index (χ2v) is 4.21. The smallest absolute Gasteiger partial charge is 0.275 e. The van der Waals surface area contributed by atoms with Gasteiger partial charge in [-0.25, -0.2) is 0 Å². The van der Waals surface area contributed by atoms with Crippen LogP contribution in [0.15, 0.2) is 18.2 Å². The van der Waals surface area contributed by atoms with Gasteiger partial charge in [0.15, 0.2) is 0 Å². The van der Waals surface area contributed by atoms with Crippen LogP contribution in [0, 0.1) is 17.0 Å². The Kier molecular flexibility index (Phi) is 4.96. The number of nitro groups is 1. The number of carbonyl (C=O) groups is 1. The average molecular weight is 268 g/mol. The van der Waals surface area contributed by atoms with E-state index >= 15 is 0 Å². The third kappa shape index (κ3) is 3.73. The molecule has 1 rings (SSSR count). The average Bonchev–Trinajstić information content (AvgIpc) is 2.34. The van der Waals surface area contributed by atoms with Crippen LogP contribution < -0.4 is 5.32 Å². The van der Waals surface area contributed by atoms with Crippen LogP contribution in [0.2, 0.25) is 0 Å². The topological polar surface area (TPSA) is 113 Å². The predicted octanol–water partition coefficient (Wildman–Crippen LogP) is 0.434. The maximum Gasteiger partial charge on any atom is 0.275 e. The van der Waals surface area contributed by atoms with Gasteiger partial charge >= 0.3 is 0 Å². The summed E-state index contributed by atoms with van der Waals surface area (Å²) in [6, 6.07) is 4.37. The van der Waals surface area contributed by atoms with Gasteiger partial charge in [-0.3, -0.25) is 14.9 Å². The quantitative estimate of drug-likeness (QED) is 0.529. The summed E-state index contributed by atoms with van der Waals surface area (Å²) >= 11 is 0. The highest BCUT2D eigenvalue weighted by Crippen LogP contribution is 2.30. The summed E-state index contributed by atoms with van der Waals surface area (Å²) in [5.74, 6) is -0.356. The number of aliphatic hydroxyl groups excluding tert-OH is 2. The molecule has 19 heavy (non-hydrogen) atoms. The fourth-order valence-corrected chi connectivity index (χ4v) is 1.76. The van der Waals surface area contributed by atoms with Crippen molar-refractivity contribution in [3.05, 3.63) is 39.4 Å². The van der Waals surface area contributed by atoms with Crippen LogP contribution in [0.1, 0.15) is 24.2 Å².